The van der Waals surface area contributed by atoms with E-state index in [9.17, 15) is 9.90 Å². The van der Waals surface area contributed by atoms with E-state index in [4.69, 9.17) is 10.8 Å². The second kappa shape index (κ2) is 6.21. The number of amides is 1. The maximum Gasteiger partial charge on any atom is 0.407 e. The van der Waals surface area contributed by atoms with Crippen molar-refractivity contribution in [2.24, 2.45) is 0 Å². The molecule has 26 heavy (non-hydrogen) atoms. The maximum atomic E-state index is 11.1. The fourth-order valence-electron chi connectivity index (χ4n) is 3.58. The van der Waals surface area contributed by atoms with Gasteiger partial charge in [-0.15, -0.1) is 0 Å². The van der Waals surface area contributed by atoms with Crippen molar-refractivity contribution in [2.75, 3.05) is 18.8 Å². The van der Waals surface area contributed by atoms with Gasteiger partial charge < -0.3 is 25.4 Å². The number of piperidine rings is 1. The van der Waals surface area contributed by atoms with Crippen molar-refractivity contribution >= 4 is 22.9 Å². The third-order valence-corrected chi connectivity index (χ3v) is 4.95. The Morgan fingerprint density at radius 3 is 2.50 bits per heavy atom. The van der Waals surface area contributed by atoms with Gasteiger partial charge in [-0.2, -0.15) is 0 Å². The molecule has 0 atom stereocenters. The van der Waals surface area contributed by atoms with Gasteiger partial charge >= 0.3 is 6.09 Å². The van der Waals surface area contributed by atoms with E-state index in [1.165, 1.54) is 11.2 Å². The Labute approximate surface area is 149 Å². The molecule has 0 unspecified atom stereocenters. The van der Waals surface area contributed by atoms with Crippen LogP contribution in [0.2, 0.25) is 0 Å². The highest BCUT2D eigenvalue weighted by atomic mass is 16.4. The molecule has 1 aliphatic heterocycles. The standard InChI is InChI=1S/C18H19N5O3/c19-16-15-14(11-1-3-13(24)4-2-11)9-23(17(15)21-10-20-16)12-5-7-22(8-6-12)18(25)26/h1-4,9-10,12,24H,5-8H2,(H,25,26)(H2,19,20,21). The van der Waals surface area contributed by atoms with Crippen molar-refractivity contribution in [2.45, 2.75) is 18.9 Å². The van der Waals surface area contributed by atoms with Crippen LogP contribution in [-0.2, 0) is 0 Å². The topological polar surface area (TPSA) is 118 Å². The lowest BCUT2D eigenvalue weighted by molar-refractivity contribution is 0.126. The van der Waals surface area contributed by atoms with Gasteiger partial charge in [0.15, 0.2) is 0 Å². The van der Waals surface area contributed by atoms with E-state index in [1.54, 1.807) is 12.1 Å². The van der Waals surface area contributed by atoms with Crippen LogP contribution in [0.15, 0.2) is 36.8 Å². The van der Waals surface area contributed by atoms with Crippen LogP contribution in [0.1, 0.15) is 18.9 Å². The van der Waals surface area contributed by atoms with Gasteiger partial charge in [0.05, 0.1) is 5.39 Å². The predicted molar refractivity (Wildman–Crippen MR) is 96.9 cm³/mol. The number of phenols is 1. The number of nitrogens with zero attached hydrogens (tertiary/aromatic N) is 4. The van der Waals surface area contributed by atoms with E-state index in [2.05, 4.69) is 14.5 Å². The Bertz CT molecular complexity index is 959. The number of nitrogen functional groups attached to an aromatic ring is 1. The molecular formula is C18H19N5O3. The first kappa shape index (κ1) is 16.2. The van der Waals surface area contributed by atoms with Crippen molar-refractivity contribution < 1.29 is 15.0 Å². The maximum absolute atomic E-state index is 11.1. The summed E-state index contributed by atoms with van der Waals surface area (Å²) in [6, 6.07) is 7.06. The second-order valence-corrected chi connectivity index (χ2v) is 6.46. The molecule has 134 valence electrons. The monoisotopic (exact) mass is 353 g/mol. The van der Waals surface area contributed by atoms with E-state index >= 15 is 0 Å². The Morgan fingerprint density at radius 2 is 1.85 bits per heavy atom. The highest BCUT2D eigenvalue weighted by Gasteiger charge is 2.26. The summed E-state index contributed by atoms with van der Waals surface area (Å²) in [5.74, 6) is 0.600. The lowest BCUT2D eigenvalue weighted by Gasteiger charge is -2.31. The molecule has 0 bridgehead atoms. The summed E-state index contributed by atoms with van der Waals surface area (Å²) in [7, 11) is 0. The minimum Gasteiger partial charge on any atom is -0.508 e. The molecule has 0 aliphatic carbocycles. The van der Waals surface area contributed by atoms with E-state index in [1.807, 2.05) is 18.3 Å². The lowest BCUT2D eigenvalue weighted by atomic mass is 10.1. The van der Waals surface area contributed by atoms with Crippen molar-refractivity contribution in [3.63, 3.8) is 0 Å². The Morgan fingerprint density at radius 1 is 1.15 bits per heavy atom. The first-order valence-electron chi connectivity index (χ1n) is 8.43. The number of carbonyl (C=O) groups is 1. The summed E-state index contributed by atoms with van der Waals surface area (Å²) in [6.45, 7) is 0.990. The van der Waals surface area contributed by atoms with Crippen LogP contribution in [0.3, 0.4) is 0 Å². The lowest BCUT2D eigenvalue weighted by Crippen LogP contribution is -2.38. The number of hydrogen-bond donors (Lipinski definition) is 3. The first-order chi connectivity index (χ1) is 12.5. The van der Waals surface area contributed by atoms with Gasteiger partial charge in [0, 0.05) is 30.9 Å². The number of fused-ring (bicyclic) bond motifs is 1. The number of aromatic hydroxyl groups is 1. The fraction of sp³-hybridized carbons (Fsp3) is 0.278. The molecule has 1 amide bonds. The van der Waals surface area contributed by atoms with Crippen molar-refractivity contribution in [3.8, 4) is 16.9 Å². The SMILES string of the molecule is Nc1ncnc2c1c(-c1ccc(O)cc1)cn2C1CCN(C(=O)O)CC1. The number of carboxylic acid groups (broad SMARTS) is 1. The molecule has 8 heteroatoms. The van der Waals surface area contributed by atoms with E-state index in [0.717, 1.165) is 35.0 Å². The molecule has 1 aromatic carbocycles. The van der Waals surface area contributed by atoms with Gasteiger partial charge in [-0.3, -0.25) is 0 Å². The molecule has 3 heterocycles. The van der Waals surface area contributed by atoms with E-state index < -0.39 is 6.09 Å². The predicted octanol–water partition coefficient (Wildman–Crippen LogP) is 2.70. The average Bonchev–Trinajstić information content (AvgIpc) is 3.03. The van der Waals surface area contributed by atoms with Crippen LogP contribution < -0.4 is 5.73 Å². The quantitative estimate of drug-likeness (QED) is 0.652. The summed E-state index contributed by atoms with van der Waals surface area (Å²) in [4.78, 5) is 21.1. The Kier molecular flexibility index (Phi) is 3.87. The molecular weight excluding hydrogens is 334 g/mol. The van der Waals surface area contributed by atoms with Gasteiger partial charge in [0.1, 0.15) is 23.5 Å². The van der Waals surface area contributed by atoms with Gasteiger partial charge in [-0.1, -0.05) is 12.1 Å². The van der Waals surface area contributed by atoms with Gasteiger partial charge in [0.25, 0.3) is 0 Å². The summed E-state index contributed by atoms with van der Waals surface area (Å²) < 4.78 is 2.08. The number of phenolic OH excluding ortho intramolecular Hbond substituents is 1. The molecule has 0 saturated carbocycles. The third-order valence-electron chi connectivity index (χ3n) is 4.95. The zero-order valence-corrected chi connectivity index (χ0v) is 14.0. The van der Waals surface area contributed by atoms with Crippen LogP contribution in [0.4, 0.5) is 10.6 Å². The first-order valence-corrected chi connectivity index (χ1v) is 8.43. The Hall–Kier alpha value is -3.29. The molecule has 1 aliphatic rings. The van der Waals surface area contributed by atoms with Crippen molar-refractivity contribution in [1.82, 2.24) is 19.4 Å². The minimum absolute atomic E-state index is 0.147. The summed E-state index contributed by atoms with van der Waals surface area (Å²) in [5.41, 5.74) is 8.69. The number of aromatic nitrogens is 3. The van der Waals surface area contributed by atoms with Crippen LogP contribution in [0.5, 0.6) is 5.75 Å². The number of benzene rings is 1. The fourth-order valence-corrected chi connectivity index (χ4v) is 3.58. The summed E-state index contributed by atoms with van der Waals surface area (Å²) in [5, 5.41) is 19.5. The van der Waals surface area contributed by atoms with E-state index in [-0.39, 0.29) is 11.8 Å². The number of hydrogen-bond acceptors (Lipinski definition) is 5. The molecule has 0 radical (unpaired) electrons. The van der Waals surface area contributed by atoms with Crippen LogP contribution in [0.25, 0.3) is 22.2 Å². The molecule has 4 N–H and O–H groups in total. The number of rotatable bonds is 2. The third kappa shape index (κ3) is 2.69. The van der Waals surface area contributed by atoms with Gasteiger partial charge in [-0.05, 0) is 30.5 Å². The minimum atomic E-state index is -0.878. The average molecular weight is 353 g/mol. The molecule has 0 spiro atoms. The van der Waals surface area contributed by atoms with Gasteiger partial charge in [-0.25, -0.2) is 14.8 Å². The highest BCUT2D eigenvalue weighted by molar-refractivity contribution is 6.00. The zero-order valence-electron chi connectivity index (χ0n) is 14.0. The molecule has 4 rings (SSSR count). The van der Waals surface area contributed by atoms with Crippen LogP contribution >= 0.6 is 0 Å². The zero-order chi connectivity index (χ0) is 18.3. The summed E-state index contributed by atoms with van der Waals surface area (Å²) in [6.07, 6.45) is 4.01. The summed E-state index contributed by atoms with van der Waals surface area (Å²) >= 11 is 0. The van der Waals surface area contributed by atoms with Gasteiger partial charge in [0.2, 0.25) is 0 Å². The normalized spacial score (nSPS) is 15.5. The van der Waals surface area contributed by atoms with E-state index in [0.29, 0.717) is 18.9 Å². The smallest absolute Gasteiger partial charge is 0.407 e. The molecule has 3 aromatic rings. The van der Waals surface area contributed by atoms with Crippen molar-refractivity contribution in [3.05, 3.63) is 36.8 Å². The Balaban J connectivity index is 1.78. The number of anilines is 1. The molecule has 1 fully saturated rings. The molecule has 1 saturated heterocycles. The van der Waals surface area contributed by atoms with Crippen LogP contribution in [-0.4, -0.2) is 48.8 Å². The molecule has 8 nitrogen and oxygen atoms in total. The van der Waals surface area contributed by atoms with Crippen molar-refractivity contribution in [1.29, 1.82) is 0 Å². The second-order valence-electron chi connectivity index (χ2n) is 6.46. The number of nitrogens with two attached hydrogens (primary N) is 1. The highest BCUT2D eigenvalue weighted by Crippen LogP contribution is 2.36. The largest absolute Gasteiger partial charge is 0.508 e. The molecule has 2 aromatic heterocycles. The van der Waals surface area contributed by atoms with Crippen LogP contribution in [0, 0.1) is 0 Å². The number of likely N-dealkylation sites (tertiary alicyclic amines) is 1.